The van der Waals surface area contributed by atoms with Gasteiger partial charge in [0.2, 0.25) is 0 Å². The molecule has 0 amide bonds. The molecule has 0 aromatic carbocycles. The maximum absolute atomic E-state index is 12.4. The number of carbonyl (C=O) groups excluding carboxylic acids is 1. The van der Waals surface area contributed by atoms with Crippen molar-refractivity contribution >= 4 is 17.6 Å². The molecule has 2 rings (SSSR count). The fourth-order valence-electron chi connectivity index (χ4n) is 3.20. The van der Waals surface area contributed by atoms with Crippen LogP contribution in [0.3, 0.4) is 0 Å². The summed E-state index contributed by atoms with van der Waals surface area (Å²) in [6, 6.07) is 3.30. The molecule has 0 N–H and O–H groups in total. The van der Waals surface area contributed by atoms with E-state index < -0.39 is 0 Å². The van der Waals surface area contributed by atoms with E-state index in [2.05, 4.69) is 25.8 Å². The number of nitrogens with zero attached hydrogens (tertiary/aromatic N) is 1. The van der Waals surface area contributed by atoms with E-state index >= 15 is 0 Å². The fourth-order valence-corrected chi connectivity index (χ4v) is 3.45. The van der Waals surface area contributed by atoms with Gasteiger partial charge >= 0.3 is 5.97 Å². The van der Waals surface area contributed by atoms with Gasteiger partial charge in [-0.2, -0.15) is 0 Å². The summed E-state index contributed by atoms with van der Waals surface area (Å²) in [5, 5.41) is 0.333. The second-order valence-corrected chi connectivity index (χ2v) is 6.98. The van der Waals surface area contributed by atoms with Crippen molar-refractivity contribution in [1.82, 2.24) is 4.98 Å². The van der Waals surface area contributed by atoms with Crippen molar-refractivity contribution in [3.8, 4) is 0 Å². The molecular formula is C17H24ClNO2. The van der Waals surface area contributed by atoms with Crippen molar-refractivity contribution in [1.29, 1.82) is 0 Å². The van der Waals surface area contributed by atoms with E-state index in [9.17, 15) is 4.79 Å². The molecule has 3 nitrogen and oxygen atoms in total. The maximum atomic E-state index is 12.4. The van der Waals surface area contributed by atoms with Gasteiger partial charge in [-0.05, 0) is 49.7 Å². The number of carbonyl (C=O) groups is 1. The van der Waals surface area contributed by atoms with Crippen LogP contribution >= 0.6 is 11.6 Å². The Morgan fingerprint density at radius 2 is 2.10 bits per heavy atom. The quantitative estimate of drug-likeness (QED) is 0.602. The van der Waals surface area contributed by atoms with Crippen LogP contribution in [0.5, 0.6) is 0 Å². The van der Waals surface area contributed by atoms with Crippen molar-refractivity contribution in [2.45, 2.75) is 53.1 Å². The highest BCUT2D eigenvalue weighted by atomic mass is 35.5. The monoisotopic (exact) mass is 309 g/mol. The van der Waals surface area contributed by atoms with Gasteiger partial charge in [0.05, 0.1) is 5.56 Å². The van der Waals surface area contributed by atoms with Crippen LogP contribution in [0.25, 0.3) is 0 Å². The van der Waals surface area contributed by atoms with Crippen LogP contribution in [0.1, 0.15) is 56.1 Å². The molecule has 0 bridgehead atoms. The average Bonchev–Trinajstić information content (AvgIpc) is 2.37. The fraction of sp³-hybridized carbons (Fsp3) is 0.647. The minimum Gasteiger partial charge on any atom is -0.458 e. The number of hydrogen-bond acceptors (Lipinski definition) is 3. The number of esters is 1. The molecule has 1 aromatic rings. The van der Waals surface area contributed by atoms with E-state index in [4.69, 9.17) is 16.3 Å². The molecule has 1 aliphatic carbocycles. The Labute approximate surface area is 132 Å². The lowest BCUT2D eigenvalue weighted by atomic mass is 9.75. The normalized spacial score (nSPS) is 25.9. The number of hydrogen-bond donors (Lipinski definition) is 0. The lowest BCUT2D eigenvalue weighted by molar-refractivity contribution is -0.0174. The number of halogens is 1. The first-order valence-corrected chi connectivity index (χ1v) is 8.09. The third-order valence-corrected chi connectivity index (χ3v) is 4.57. The summed E-state index contributed by atoms with van der Waals surface area (Å²) in [7, 11) is 0. The van der Waals surface area contributed by atoms with Gasteiger partial charge in [-0.3, -0.25) is 0 Å². The van der Waals surface area contributed by atoms with Crippen molar-refractivity contribution in [3.05, 3.63) is 28.5 Å². The van der Waals surface area contributed by atoms with Crippen LogP contribution in [0.15, 0.2) is 12.1 Å². The Bertz CT molecular complexity index is 495. The molecule has 0 saturated heterocycles. The van der Waals surface area contributed by atoms with Gasteiger partial charge in [-0.15, -0.1) is 0 Å². The van der Waals surface area contributed by atoms with E-state index in [0.717, 1.165) is 18.5 Å². The predicted octanol–water partition coefficient (Wildman–Crippen LogP) is 4.66. The Kier molecular flexibility index (Phi) is 5.26. The summed E-state index contributed by atoms with van der Waals surface area (Å²) in [5.41, 5.74) is 1.22. The van der Waals surface area contributed by atoms with Crippen molar-refractivity contribution in [2.75, 3.05) is 0 Å². The second-order valence-electron chi connectivity index (χ2n) is 6.59. The SMILES string of the molecule is Cc1cc(C(=O)OC2CC(C)CCC2C(C)C)cc(Cl)n1. The van der Waals surface area contributed by atoms with Crippen molar-refractivity contribution < 1.29 is 9.53 Å². The molecule has 1 saturated carbocycles. The van der Waals surface area contributed by atoms with E-state index in [1.807, 2.05) is 6.92 Å². The highest BCUT2D eigenvalue weighted by Gasteiger charge is 2.33. The van der Waals surface area contributed by atoms with Gasteiger partial charge < -0.3 is 4.74 Å². The Morgan fingerprint density at radius 3 is 2.71 bits per heavy atom. The van der Waals surface area contributed by atoms with Gasteiger partial charge in [0.1, 0.15) is 11.3 Å². The highest BCUT2D eigenvalue weighted by Crippen LogP contribution is 2.35. The van der Waals surface area contributed by atoms with Crippen LogP contribution in [-0.4, -0.2) is 17.1 Å². The standard InChI is InChI=1S/C17H24ClNO2/c1-10(2)14-6-5-11(3)7-15(14)21-17(20)13-8-12(4)19-16(18)9-13/h8-11,14-15H,5-7H2,1-4H3. The van der Waals surface area contributed by atoms with Gasteiger partial charge in [0.25, 0.3) is 0 Å². The van der Waals surface area contributed by atoms with E-state index in [1.54, 1.807) is 12.1 Å². The van der Waals surface area contributed by atoms with Crippen LogP contribution in [0, 0.1) is 24.7 Å². The first kappa shape index (κ1) is 16.3. The predicted molar refractivity (Wildman–Crippen MR) is 84.5 cm³/mol. The first-order chi connectivity index (χ1) is 9.86. The molecule has 1 fully saturated rings. The topological polar surface area (TPSA) is 39.2 Å². The van der Waals surface area contributed by atoms with Crippen LogP contribution in [0.4, 0.5) is 0 Å². The number of aryl methyl sites for hydroxylation is 1. The summed E-state index contributed by atoms with van der Waals surface area (Å²) in [6.07, 6.45) is 3.31. The number of aromatic nitrogens is 1. The number of rotatable bonds is 3. The van der Waals surface area contributed by atoms with Crippen LogP contribution in [0.2, 0.25) is 5.15 Å². The molecule has 116 valence electrons. The Morgan fingerprint density at radius 1 is 1.38 bits per heavy atom. The third-order valence-electron chi connectivity index (χ3n) is 4.38. The Balaban J connectivity index is 2.12. The van der Waals surface area contributed by atoms with Crippen LogP contribution < -0.4 is 0 Å². The maximum Gasteiger partial charge on any atom is 0.338 e. The smallest absolute Gasteiger partial charge is 0.338 e. The number of pyridine rings is 1. The van der Waals surface area contributed by atoms with E-state index in [0.29, 0.717) is 28.5 Å². The molecule has 3 atom stereocenters. The third kappa shape index (κ3) is 4.19. The van der Waals surface area contributed by atoms with Gasteiger partial charge in [-0.1, -0.05) is 38.8 Å². The van der Waals surface area contributed by atoms with Gasteiger partial charge in [0.15, 0.2) is 0 Å². The molecule has 3 unspecified atom stereocenters. The zero-order chi connectivity index (χ0) is 15.6. The molecule has 0 aliphatic heterocycles. The van der Waals surface area contributed by atoms with Crippen LogP contribution in [-0.2, 0) is 4.74 Å². The second kappa shape index (κ2) is 6.78. The largest absolute Gasteiger partial charge is 0.458 e. The average molecular weight is 310 g/mol. The summed E-state index contributed by atoms with van der Waals surface area (Å²) in [6.45, 7) is 8.46. The summed E-state index contributed by atoms with van der Waals surface area (Å²) in [5.74, 6) is 1.30. The van der Waals surface area contributed by atoms with E-state index in [1.165, 1.54) is 6.42 Å². The lowest BCUT2D eigenvalue weighted by Gasteiger charge is -2.36. The Hall–Kier alpha value is -1.09. The first-order valence-electron chi connectivity index (χ1n) is 7.72. The summed E-state index contributed by atoms with van der Waals surface area (Å²) in [4.78, 5) is 16.5. The van der Waals surface area contributed by atoms with Crippen molar-refractivity contribution in [2.24, 2.45) is 17.8 Å². The lowest BCUT2D eigenvalue weighted by Crippen LogP contribution is -2.35. The number of ether oxygens (including phenoxy) is 1. The molecule has 21 heavy (non-hydrogen) atoms. The zero-order valence-electron chi connectivity index (χ0n) is 13.2. The van der Waals surface area contributed by atoms with Crippen molar-refractivity contribution in [3.63, 3.8) is 0 Å². The minimum absolute atomic E-state index is 0.00787. The zero-order valence-corrected chi connectivity index (χ0v) is 14.0. The molecular weight excluding hydrogens is 286 g/mol. The molecule has 1 heterocycles. The molecule has 0 spiro atoms. The van der Waals surface area contributed by atoms with Gasteiger partial charge in [-0.25, -0.2) is 9.78 Å². The molecule has 4 heteroatoms. The minimum atomic E-state index is -0.285. The van der Waals surface area contributed by atoms with Gasteiger partial charge in [0, 0.05) is 5.69 Å². The molecule has 0 radical (unpaired) electrons. The van der Waals surface area contributed by atoms with E-state index in [-0.39, 0.29) is 12.1 Å². The molecule has 1 aromatic heterocycles. The molecule has 1 aliphatic rings. The summed E-state index contributed by atoms with van der Waals surface area (Å²) < 4.78 is 5.81. The highest BCUT2D eigenvalue weighted by molar-refractivity contribution is 6.29. The summed E-state index contributed by atoms with van der Waals surface area (Å²) >= 11 is 5.92.